The minimum absolute atomic E-state index is 0.509. The zero-order valence-corrected chi connectivity index (χ0v) is 13.3. The van der Waals surface area contributed by atoms with Crippen molar-refractivity contribution in [2.45, 2.75) is 38.6 Å². The largest absolute Gasteiger partial charge is 0.419 e. The fourth-order valence-electron chi connectivity index (χ4n) is 2.64. The molecular weight excluding hydrogens is 298 g/mol. The maximum absolute atomic E-state index is 5.97. The number of benzene rings is 1. The summed E-state index contributed by atoms with van der Waals surface area (Å²) in [4.78, 5) is 0. The summed E-state index contributed by atoms with van der Waals surface area (Å²) in [5, 5.41) is 12.2. The number of halogens is 1. The van der Waals surface area contributed by atoms with Gasteiger partial charge < -0.3 is 9.73 Å². The molecule has 0 bridgehead atoms. The number of hydrogen-bond donors (Lipinski definition) is 1. The van der Waals surface area contributed by atoms with Crippen LogP contribution in [-0.2, 0) is 6.54 Å². The molecule has 1 aliphatic carbocycles. The second kappa shape index (κ2) is 7.56. The van der Waals surface area contributed by atoms with Gasteiger partial charge in [-0.15, -0.1) is 10.2 Å². The van der Waals surface area contributed by atoms with Crippen molar-refractivity contribution in [1.82, 2.24) is 15.5 Å². The van der Waals surface area contributed by atoms with Crippen molar-refractivity contribution in [2.24, 2.45) is 0 Å². The molecule has 116 valence electrons. The maximum Gasteiger partial charge on any atom is 0.247 e. The summed E-state index contributed by atoms with van der Waals surface area (Å²) in [7, 11) is 0. The van der Waals surface area contributed by atoms with Crippen LogP contribution in [0.1, 0.15) is 38.0 Å². The normalized spacial score (nSPS) is 14.9. The number of allylic oxidation sites excluding steroid dienone is 1. The van der Waals surface area contributed by atoms with Crippen molar-refractivity contribution in [3.8, 4) is 11.5 Å². The van der Waals surface area contributed by atoms with E-state index in [1.807, 2.05) is 24.3 Å². The molecule has 0 spiro atoms. The van der Waals surface area contributed by atoms with E-state index in [-0.39, 0.29) is 0 Å². The third-order valence-corrected chi connectivity index (χ3v) is 4.06. The monoisotopic (exact) mass is 317 g/mol. The minimum Gasteiger partial charge on any atom is -0.419 e. The summed E-state index contributed by atoms with van der Waals surface area (Å²) in [6.45, 7) is 1.54. The Kier molecular flexibility index (Phi) is 5.24. The highest BCUT2D eigenvalue weighted by molar-refractivity contribution is 6.30. The van der Waals surface area contributed by atoms with Gasteiger partial charge in [-0.2, -0.15) is 0 Å². The van der Waals surface area contributed by atoms with Gasteiger partial charge in [0.15, 0.2) is 0 Å². The molecule has 1 heterocycles. The lowest BCUT2D eigenvalue weighted by molar-refractivity contribution is 0.477. The molecule has 0 aliphatic heterocycles. The first kappa shape index (κ1) is 15.3. The third kappa shape index (κ3) is 4.18. The smallest absolute Gasteiger partial charge is 0.247 e. The van der Waals surface area contributed by atoms with Crippen LogP contribution in [0.15, 0.2) is 40.3 Å². The lowest BCUT2D eigenvalue weighted by atomic mass is 9.97. The van der Waals surface area contributed by atoms with Crippen molar-refractivity contribution in [3.05, 3.63) is 46.8 Å². The van der Waals surface area contributed by atoms with E-state index in [0.717, 1.165) is 18.5 Å². The Bertz CT molecular complexity index is 651. The van der Waals surface area contributed by atoms with Crippen LogP contribution < -0.4 is 5.32 Å². The predicted octanol–water partition coefficient (Wildman–Crippen LogP) is 4.37. The molecule has 1 aromatic heterocycles. The highest BCUT2D eigenvalue weighted by Gasteiger charge is 2.09. The van der Waals surface area contributed by atoms with Crippen LogP contribution in [0.3, 0.4) is 0 Å². The van der Waals surface area contributed by atoms with E-state index >= 15 is 0 Å². The van der Waals surface area contributed by atoms with Crippen molar-refractivity contribution in [1.29, 1.82) is 0 Å². The van der Waals surface area contributed by atoms with E-state index in [1.54, 1.807) is 5.57 Å². The Labute approximate surface area is 135 Å². The molecule has 5 heteroatoms. The molecule has 3 rings (SSSR count). The molecular formula is C17H20ClN3O. The second-order valence-electron chi connectivity index (χ2n) is 5.55. The lowest BCUT2D eigenvalue weighted by Crippen LogP contribution is -2.15. The molecule has 0 amide bonds. The topological polar surface area (TPSA) is 51.0 Å². The molecule has 0 atom stereocenters. The zero-order valence-electron chi connectivity index (χ0n) is 12.5. The second-order valence-corrected chi connectivity index (χ2v) is 5.98. The van der Waals surface area contributed by atoms with Gasteiger partial charge in [-0.05, 0) is 56.8 Å². The van der Waals surface area contributed by atoms with Crippen LogP contribution >= 0.6 is 11.6 Å². The van der Waals surface area contributed by atoms with Crippen LogP contribution in [0, 0.1) is 0 Å². The average Bonchev–Trinajstić information content (AvgIpc) is 3.02. The molecule has 0 unspecified atom stereocenters. The first-order valence-electron chi connectivity index (χ1n) is 7.78. The number of nitrogens with zero attached hydrogens (tertiary/aromatic N) is 2. The average molecular weight is 318 g/mol. The lowest BCUT2D eigenvalue weighted by Gasteiger charge is -2.12. The van der Waals surface area contributed by atoms with Gasteiger partial charge in [-0.25, -0.2) is 0 Å². The minimum atomic E-state index is 0.509. The van der Waals surface area contributed by atoms with Crippen LogP contribution in [0.2, 0.25) is 5.02 Å². The van der Waals surface area contributed by atoms with E-state index < -0.39 is 0 Å². The van der Waals surface area contributed by atoms with Gasteiger partial charge in [0, 0.05) is 10.6 Å². The van der Waals surface area contributed by atoms with E-state index in [9.17, 15) is 0 Å². The Morgan fingerprint density at radius 3 is 3.00 bits per heavy atom. The van der Waals surface area contributed by atoms with Gasteiger partial charge in [-0.1, -0.05) is 29.3 Å². The summed E-state index contributed by atoms with van der Waals surface area (Å²) in [6, 6.07) is 7.43. The molecule has 4 nitrogen and oxygen atoms in total. The molecule has 22 heavy (non-hydrogen) atoms. The van der Waals surface area contributed by atoms with Crippen LogP contribution in [0.4, 0.5) is 0 Å². The van der Waals surface area contributed by atoms with Crippen molar-refractivity contribution >= 4 is 11.6 Å². The fourth-order valence-corrected chi connectivity index (χ4v) is 2.83. The third-order valence-electron chi connectivity index (χ3n) is 3.82. The van der Waals surface area contributed by atoms with Gasteiger partial charge in [0.05, 0.1) is 6.54 Å². The molecule has 1 aliphatic rings. The van der Waals surface area contributed by atoms with Crippen LogP contribution in [0.5, 0.6) is 0 Å². The van der Waals surface area contributed by atoms with E-state index in [1.165, 1.54) is 25.7 Å². The molecule has 1 N–H and O–H groups in total. The standard InChI is InChI=1S/C17H20ClN3O/c18-15-8-4-7-14(11-15)17-21-20-16(22-17)12-19-10-9-13-5-2-1-3-6-13/h4-5,7-8,11,19H,1-3,6,9-10,12H2. The van der Waals surface area contributed by atoms with Gasteiger partial charge in [0.1, 0.15) is 0 Å². The highest BCUT2D eigenvalue weighted by Crippen LogP contribution is 2.21. The number of rotatable bonds is 6. The van der Waals surface area contributed by atoms with Crippen molar-refractivity contribution in [3.63, 3.8) is 0 Å². The first-order chi connectivity index (χ1) is 10.8. The van der Waals surface area contributed by atoms with E-state index in [2.05, 4.69) is 21.6 Å². The summed E-state index contributed by atoms with van der Waals surface area (Å²) in [6.07, 6.45) is 8.65. The Balaban J connectivity index is 1.48. The van der Waals surface area contributed by atoms with E-state index in [0.29, 0.717) is 23.3 Å². The summed E-state index contributed by atoms with van der Waals surface area (Å²) < 4.78 is 5.66. The van der Waals surface area contributed by atoms with Gasteiger partial charge in [0.25, 0.3) is 0 Å². The van der Waals surface area contributed by atoms with Crippen LogP contribution in [-0.4, -0.2) is 16.7 Å². The zero-order chi connectivity index (χ0) is 15.2. The van der Waals surface area contributed by atoms with Crippen LogP contribution in [0.25, 0.3) is 11.5 Å². The summed E-state index contributed by atoms with van der Waals surface area (Å²) >= 11 is 5.97. The number of nitrogens with one attached hydrogen (secondary N) is 1. The molecule has 0 fully saturated rings. The summed E-state index contributed by atoms with van der Waals surface area (Å²) in [5.74, 6) is 1.11. The predicted molar refractivity (Wildman–Crippen MR) is 87.6 cm³/mol. The molecule has 0 saturated carbocycles. The fraction of sp³-hybridized carbons (Fsp3) is 0.412. The quantitative estimate of drug-likeness (QED) is 0.635. The van der Waals surface area contributed by atoms with Crippen molar-refractivity contribution in [2.75, 3.05) is 6.54 Å². The molecule has 0 radical (unpaired) electrons. The SMILES string of the molecule is Clc1cccc(-c2nnc(CNCCC3=CCCCC3)o2)c1. The molecule has 0 saturated heterocycles. The molecule has 2 aromatic rings. The van der Waals surface area contributed by atoms with Crippen molar-refractivity contribution < 1.29 is 4.42 Å². The number of hydrogen-bond acceptors (Lipinski definition) is 4. The summed E-state index contributed by atoms with van der Waals surface area (Å²) in [5.41, 5.74) is 2.42. The maximum atomic E-state index is 5.97. The Morgan fingerprint density at radius 2 is 2.18 bits per heavy atom. The van der Waals surface area contributed by atoms with E-state index in [4.69, 9.17) is 16.0 Å². The molecule has 1 aromatic carbocycles. The Hall–Kier alpha value is -1.65. The Morgan fingerprint density at radius 1 is 1.23 bits per heavy atom. The van der Waals surface area contributed by atoms with Gasteiger partial charge in [0.2, 0.25) is 11.8 Å². The van der Waals surface area contributed by atoms with Gasteiger partial charge in [-0.3, -0.25) is 0 Å². The highest BCUT2D eigenvalue weighted by atomic mass is 35.5. The number of aromatic nitrogens is 2. The van der Waals surface area contributed by atoms with Gasteiger partial charge >= 0.3 is 0 Å². The first-order valence-corrected chi connectivity index (χ1v) is 8.16.